The zero-order valence-corrected chi connectivity index (χ0v) is 11.1. The van der Waals surface area contributed by atoms with Crippen LogP contribution in [0.25, 0.3) is 0 Å². The minimum atomic E-state index is -0.984. The van der Waals surface area contributed by atoms with Gasteiger partial charge in [0.05, 0.1) is 0 Å². The van der Waals surface area contributed by atoms with Gasteiger partial charge in [-0.25, -0.2) is 0 Å². The molecule has 0 unspecified atom stereocenters. The molecule has 18 heavy (non-hydrogen) atoms. The molecular weight excluding hydrogens is 230 g/mol. The number of nitrogens with zero attached hydrogens (tertiary/aromatic N) is 1. The van der Waals surface area contributed by atoms with Gasteiger partial charge in [0.2, 0.25) is 0 Å². The van der Waals surface area contributed by atoms with Gasteiger partial charge in [0.15, 0.2) is 0 Å². The van der Waals surface area contributed by atoms with Gasteiger partial charge in [-0.2, -0.15) is 0 Å². The topological polar surface area (TPSA) is 57.6 Å². The van der Waals surface area contributed by atoms with Gasteiger partial charge in [0.1, 0.15) is 6.54 Å². The third kappa shape index (κ3) is 3.32. The Bertz CT molecular complexity index is 454. The van der Waals surface area contributed by atoms with Crippen molar-refractivity contribution in [2.45, 2.75) is 27.2 Å². The van der Waals surface area contributed by atoms with Crippen molar-refractivity contribution in [2.75, 3.05) is 13.1 Å². The monoisotopic (exact) mass is 249 g/mol. The summed E-state index contributed by atoms with van der Waals surface area (Å²) in [7, 11) is 0. The van der Waals surface area contributed by atoms with Crippen molar-refractivity contribution in [2.24, 2.45) is 0 Å². The second kappa shape index (κ2) is 6.19. The first-order valence-electron chi connectivity index (χ1n) is 6.04. The van der Waals surface area contributed by atoms with Crippen LogP contribution >= 0.6 is 0 Å². The van der Waals surface area contributed by atoms with E-state index < -0.39 is 5.97 Å². The Balaban J connectivity index is 3.01. The second-order valence-corrected chi connectivity index (χ2v) is 4.37. The van der Waals surface area contributed by atoms with Gasteiger partial charge in [-0.3, -0.25) is 9.59 Å². The molecule has 0 saturated carbocycles. The molecule has 0 spiro atoms. The fraction of sp³-hybridized carbons (Fsp3) is 0.429. The van der Waals surface area contributed by atoms with Crippen LogP contribution in [0.1, 0.15) is 34.8 Å². The Hall–Kier alpha value is -1.84. The summed E-state index contributed by atoms with van der Waals surface area (Å²) in [5.41, 5.74) is 2.53. The summed E-state index contributed by atoms with van der Waals surface area (Å²) in [4.78, 5) is 24.5. The van der Waals surface area contributed by atoms with Crippen molar-refractivity contribution < 1.29 is 14.7 Å². The number of carbonyl (C=O) groups excluding carboxylic acids is 1. The molecule has 0 aliphatic rings. The molecule has 4 heteroatoms. The maximum atomic E-state index is 12.3. The van der Waals surface area contributed by atoms with Crippen LogP contribution < -0.4 is 0 Å². The van der Waals surface area contributed by atoms with Gasteiger partial charge in [-0.05, 0) is 37.5 Å². The molecule has 1 rings (SSSR count). The fourth-order valence-corrected chi connectivity index (χ4v) is 1.84. The Kier molecular flexibility index (Phi) is 4.89. The standard InChI is InChI=1S/C14H19NO3/c1-4-8-15(9-13(16)17)14(18)12-7-5-6-10(2)11(12)3/h5-7H,4,8-9H2,1-3H3,(H,16,17). The Morgan fingerprint density at radius 3 is 2.50 bits per heavy atom. The normalized spacial score (nSPS) is 10.2. The molecule has 0 atom stereocenters. The van der Waals surface area contributed by atoms with Crippen molar-refractivity contribution in [3.05, 3.63) is 34.9 Å². The van der Waals surface area contributed by atoms with E-state index >= 15 is 0 Å². The van der Waals surface area contributed by atoms with Gasteiger partial charge in [-0.15, -0.1) is 0 Å². The Labute approximate surface area is 107 Å². The molecule has 4 nitrogen and oxygen atoms in total. The number of amides is 1. The van der Waals surface area contributed by atoms with Crippen molar-refractivity contribution >= 4 is 11.9 Å². The van der Waals surface area contributed by atoms with Crippen LogP contribution in [0.15, 0.2) is 18.2 Å². The summed E-state index contributed by atoms with van der Waals surface area (Å²) in [5, 5.41) is 8.84. The molecule has 1 amide bonds. The molecule has 0 heterocycles. The summed E-state index contributed by atoms with van der Waals surface area (Å²) in [5.74, 6) is -1.19. The molecule has 0 aliphatic heterocycles. The number of carboxylic acid groups (broad SMARTS) is 1. The second-order valence-electron chi connectivity index (χ2n) is 4.37. The van der Waals surface area contributed by atoms with Crippen LogP contribution in [0.5, 0.6) is 0 Å². The minimum absolute atomic E-state index is 0.208. The van der Waals surface area contributed by atoms with Crippen molar-refractivity contribution in [3.8, 4) is 0 Å². The molecule has 0 saturated heterocycles. The summed E-state index contributed by atoms with van der Waals surface area (Å²) < 4.78 is 0. The number of hydrogen-bond acceptors (Lipinski definition) is 2. The number of rotatable bonds is 5. The number of hydrogen-bond donors (Lipinski definition) is 1. The van der Waals surface area contributed by atoms with E-state index in [-0.39, 0.29) is 12.5 Å². The lowest BCUT2D eigenvalue weighted by atomic mass is 10.0. The smallest absolute Gasteiger partial charge is 0.323 e. The number of carboxylic acids is 1. The van der Waals surface area contributed by atoms with Gasteiger partial charge < -0.3 is 10.0 Å². The predicted octanol–water partition coefficient (Wildman–Crippen LogP) is 2.24. The number of benzene rings is 1. The summed E-state index contributed by atoms with van der Waals surface area (Å²) in [6.45, 7) is 5.95. The maximum absolute atomic E-state index is 12.3. The highest BCUT2D eigenvalue weighted by molar-refractivity contribution is 5.97. The molecule has 0 radical (unpaired) electrons. The molecular formula is C14H19NO3. The molecule has 1 aromatic rings. The quantitative estimate of drug-likeness (QED) is 0.870. The van der Waals surface area contributed by atoms with Crippen LogP contribution in [0.4, 0.5) is 0 Å². The van der Waals surface area contributed by atoms with Gasteiger partial charge in [0.25, 0.3) is 5.91 Å². The van der Waals surface area contributed by atoms with E-state index in [0.717, 1.165) is 17.5 Å². The van der Waals surface area contributed by atoms with Gasteiger partial charge >= 0.3 is 5.97 Å². The lowest BCUT2D eigenvalue weighted by molar-refractivity contribution is -0.137. The van der Waals surface area contributed by atoms with E-state index in [1.165, 1.54) is 4.90 Å². The predicted molar refractivity (Wildman–Crippen MR) is 69.7 cm³/mol. The molecule has 0 bridgehead atoms. The SMILES string of the molecule is CCCN(CC(=O)O)C(=O)c1cccc(C)c1C. The van der Waals surface area contributed by atoms with E-state index in [1.807, 2.05) is 32.9 Å². The largest absolute Gasteiger partial charge is 0.480 e. The van der Waals surface area contributed by atoms with Crippen molar-refractivity contribution in [3.63, 3.8) is 0 Å². The summed E-state index contributed by atoms with van der Waals surface area (Å²) in [6.07, 6.45) is 0.740. The fourth-order valence-electron chi connectivity index (χ4n) is 1.84. The number of aliphatic carboxylic acids is 1. The first-order valence-corrected chi connectivity index (χ1v) is 6.04. The third-order valence-electron chi connectivity index (χ3n) is 2.94. The van der Waals surface area contributed by atoms with Gasteiger partial charge in [0, 0.05) is 12.1 Å². The van der Waals surface area contributed by atoms with Crippen LogP contribution in [0.3, 0.4) is 0 Å². The molecule has 0 aromatic heterocycles. The summed E-state index contributed by atoms with van der Waals surface area (Å²) >= 11 is 0. The molecule has 1 aromatic carbocycles. The van der Waals surface area contributed by atoms with Crippen LogP contribution in [-0.2, 0) is 4.79 Å². The highest BCUT2D eigenvalue weighted by atomic mass is 16.4. The lowest BCUT2D eigenvalue weighted by Crippen LogP contribution is -2.36. The van der Waals surface area contributed by atoms with Gasteiger partial charge in [-0.1, -0.05) is 19.1 Å². The van der Waals surface area contributed by atoms with Crippen molar-refractivity contribution in [1.82, 2.24) is 4.90 Å². The third-order valence-corrected chi connectivity index (χ3v) is 2.94. The zero-order chi connectivity index (χ0) is 13.7. The molecule has 98 valence electrons. The maximum Gasteiger partial charge on any atom is 0.323 e. The van der Waals surface area contributed by atoms with E-state index in [0.29, 0.717) is 12.1 Å². The van der Waals surface area contributed by atoms with E-state index in [9.17, 15) is 9.59 Å². The Morgan fingerprint density at radius 2 is 1.94 bits per heavy atom. The minimum Gasteiger partial charge on any atom is -0.480 e. The molecule has 1 N–H and O–H groups in total. The Morgan fingerprint density at radius 1 is 1.28 bits per heavy atom. The average molecular weight is 249 g/mol. The lowest BCUT2D eigenvalue weighted by Gasteiger charge is -2.21. The van der Waals surface area contributed by atoms with Crippen LogP contribution in [-0.4, -0.2) is 35.0 Å². The van der Waals surface area contributed by atoms with E-state index in [4.69, 9.17) is 5.11 Å². The van der Waals surface area contributed by atoms with Crippen LogP contribution in [0, 0.1) is 13.8 Å². The number of carbonyl (C=O) groups is 2. The highest BCUT2D eigenvalue weighted by Crippen LogP contribution is 2.15. The molecule has 0 fully saturated rings. The van der Waals surface area contributed by atoms with E-state index in [1.54, 1.807) is 6.07 Å². The van der Waals surface area contributed by atoms with Crippen molar-refractivity contribution in [1.29, 1.82) is 0 Å². The zero-order valence-electron chi connectivity index (χ0n) is 11.1. The van der Waals surface area contributed by atoms with Crippen LogP contribution in [0.2, 0.25) is 0 Å². The van der Waals surface area contributed by atoms with E-state index in [2.05, 4.69) is 0 Å². The molecule has 0 aliphatic carbocycles. The number of aryl methyl sites for hydroxylation is 1. The summed E-state index contributed by atoms with van der Waals surface area (Å²) in [6, 6.07) is 5.50. The first-order chi connectivity index (χ1) is 8.47. The highest BCUT2D eigenvalue weighted by Gasteiger charge is 2.19. The average Bonchev–Trinajstić information content (AvgIpc) is 2.31. The first kappa shape index (κ1) is 14.2.